The van der Waals surface area contributed by atoms with Crippen LogP contribution in [0.1, 0.15) is 20.3 Å². The van der Waals surface area contributed by atoms with E-state index in [-0.39, 0.29) is 11.4 Å². The molecule has 0 radical (unpaired) electrons. The second-order valence-electron chi connectivity index (χ2n) is 7.66. The third-order valence-corrected chi connectivity index (χ3v) is 4.92. The number of anilines is 1. The van der Waals surface area contributed by atoms with Gasteiger partial charge < -0.3 is 29.8 Å². The highest BCUT2D eigenvalue weighted by Gasteiger charge is 2.13. The monoisotopic (exact) mass is 456 g/mol. The van der Waals surface area contributed by atoms with Crippen molar-refractivity contribution >= 4 is 16.9 Å². The zero-order valence-electron chi connectivity index (χ0n) is 19.4. The first kappa shape index (κ1) is 24.6. The van der Waals surface area contributed by atoms with Gasteiger partial charge in [-0.05, 0) is 25.5 Å². The highest BCUT2D eigenvalue weighted by atomic mass is 16.5. The smallest absolute Gasteiger partial charge is 0.293 e. The first-order valence-electron chi connectivity index (χ1n) is 11.1. The Balaban J connectivity index is 1.90. The van der Waals surface area contributed by atoms with Crippen LogP contribution in [0.25, 0.3) is 22.3 Å². The van der Waals surface area contributed by atoms with Crippen molar-refractivity contribution in [3.8, 4) is 17.1 Å². The van der Waals surface area contributed by atoms with Gasteiger partial charge in [0, 0.05) is 50.6 Å². The van der Waals surface area contributed by atoms with Crippen LogP contribution < -0.4 is 20.9 Å². The number of aliphatic hydroxyl groups excluding tert-OH is 1. The molecule has 10 nitrogen and oxygen atoms in total. The minimum atomic E-state index is -0.426. The first-order chi connectivity index (χ1) is 16.0. The predicted octanol–water partition coefficient (Wildman–Crippen LogP) is 1.67. The molecule has 10 heteroatoms. The van der Waals surface area contributed by atoms with E-state index in [9.17, 15) is 9.90 Å². The maximum absolute atomic E-state index is 13.2. The second kappa shape index (κ2) is 12.2. The zero-order valence-corrected chi connectivity index (χ0v) is 19.4. The van der Waals surface area contributed by atoms with Crippen LogP contribution in [-0.2, 0) is 11.3 Å². The number of rotatable bonds is 13. The standard InChI is InChI=1S/C23H32N6O4/c1-4-10-33-11-9-29-20-12-18(17-5-6-21(32-3)27-14-17)26-15-19(20)28-22(23(29)31)25-8-7-24-13-16(2)30/h5-6,12,14-16,24,30H,4,7-11,13H2,1-3H3,(H,25,28)/t16-/m1/s1. The van der Waals surface area contributed by atoms with Crippen molar-refractivity contribution in [3.05, 3.63) is 40.9 Å². The van der Waals surface area contributed by atoms with Crippen LogP contribution in [0.3, 0.4) is 0 Å². The van der Waals surface area contributed by atoms with Gasteiger partial charge in [-0.3, -0.25) is 9.78 Å². The molecule has 0 fully saturated rings. The molecule has 0 aromatic carbocycles. The number of hydrogen-bond donors (Lipinski definition) is 3. The van der Waals surface area contributed by atoms with E-state index in [1.165, 1.54) is 0 Å². The minimum Gasteiger partial charge on any atom is -0.481 e. The molecule has 3 aromatic rings. The average Bonchev–Trinajstić information content (AvgIpc) is 2.82. The van der Waals surface area contributed by atoms with E-state index in [0.29, 0.717) is 62.0 Å². The molecule has 0 spiro atoms. The van der Waals surface area contributed by atoms with Crippen LogP contribution in [0.15, 0.2) is 35.4 Å². The average molecular weight is 457 g/mol. The Bertz CT molecular complexity index is 1080. The summed E-state index contributed by atoms with van der Waals surface area (Å²) in [6, 6.07) is 5.49. The largest absolute Gasteiger partial charge is 0.481 e. The summed E-state index contributed by atoms with van der Waals surface area (Å²) in [6.45, 7) is 6.79. The molecule has 0 saturated carbocycles. The number of nitrogens with one attached hydrogen (secondary N) is 2. The van der Waals surface area contributed by atoms with E-state index < -0.39 is 6.10 Å². The van der Waals surface area contributed by atoms with Crippen molar-refractivity contribution in [1.29, 1.82) is 0 Å². The van der Waals surface area contributed by atoms with Crippen LogP contribution in [0.4, 0.5) is 5.82 Å². The van der Waals surface area contributed by atoms with E-state index >= 15 is 0 Å². The maximum Gasteiger partial charge on any atom is 0.293 e. The molecule has 0 saturated heterocycles. The lowest BCUT2D eigenvalue weighted by molar-refractivity contribution is 0.127. The molecular formula is C23H32N6O4. The number of pyridine rings is 2. The van der Waals surface area contributed by atoms with Gasteiger partial charge in [0.1, 0.15) is 5.52 Å². The summed E-state index contributed by atoms with van der Waals surface area (Å²) in [6.07, 6.45) is 3.83. The summed E-state index contributed by atoms with van der Waals surface area (Å²) in [5.74, 6) is 0.780. The van der Waals surface area contributed by atoms with Crippen LogP contribution in [0.5, 0.6) is 5.88 Å². The Morgan fingerprint density at radius 2 is 2.03 bits per heavy atom. The van der Waals surface area contributed by atoms with Crippen LogP contribution >= 0.6 is 0 Å². The molecule has 3 rings (SSSR count). The molecule has 0 aliphatic heterocycles. The highest BCUT2D eigenvalue weighted by molar-refractivity contribution is 5.80. The fourth-order valence-electron chi connectivity index (χ4n) is 3.28. The van der Waals surface area contributed by atoms with Gasteiger partial charge in [-0.25, -0.2) is 9.97 Å². The highest BCUT2D eigenvalue weighted by Crippen LogP contribution is 2.22. The molecule has 3 heterocycles. The Morgan fingerprint density at radius 1 is 1.18 bits per heavy atom. The van der Waals surface area contributed by atoms with Gasteiger partial charge in [-0.1, -0.05) is 6.92 Å². The van der Waals surface area contributed by atoms with E-state index in [0.717, 1.165) is 12.0 Å². The molecule has 0 unspecified atom stereocenters. The molecule has 3 aromatic heterocycles. The number of fused-ring (bicyclic) bond motifs is 1. The van der Waals surface area contributed by atoms with Crippen molar-refractivity contribution in [2.45, 2.75) is 32.9 Å². The van der Waals surface area contributed by atoms with Gasteiger partial charge in [-0.15, -0.1) is 0 Å². The van der Waals surface area contributed by atoms with Crippen LogP contribution in [0.2, 0.25) is 0 Å². The van der Waals surface area contributed by atoms with Gasteiger partial charge in [0.2, 0.25) is 5.88 Å². The summed E-state index contributed by atoms with van der Waals surface area (Å²) >= 11 is 0. The van der Waals surface area contributed by atoms with E-state index in [1.54, 1.807) is 37.1 Å². The van der Waals surface area contributed by atoms with Crippen LogP contribution in [0, 0.1) is 0 Å². The van der Waals surface area contributed by atoms with Crippen molar-refractivity contribution < 1.29 is 14.6 Å². The normalized spacial score (nSPS) is 12.1. The summed E-state index contributed by atoms with van der Waals surface area (Å²) in [7, 11) is 1.57. The summed E-state index contributed by atoms with van der Waals surface area (Å²) < 4.78 is 12.4. The topological polar surface area (TPSA) is 123 Å². The van der Waals surface area contributed by atoms with Crippen molar-refractivity contribution in [2.24, 2.45) is 0 Å². The molecule has 3 N–H and O–H groups in total. The number of methoxy groups -OCH3 is 1. The Labute approximate surface area is 193 Å². The maximum atomic E-state index is 13.2. The Kier molecular flexibility index (Phi) is 9.11. The molecule has 0 aliphatic rings. The van der Waals surface area contributed by atoms with E-state index in [2.05, 4.69) is 25.6 Å². The second-order valence-corrected chi connectivity index (χ2v) is 7.66. The third kappa shape index (κ3) is 6.70. The number of aliphatic hydroxyl groups is 1. The fourth-order valence-corrected chi connectivity index (χ4v) is 3.28. The number of nitrogens with zero attached hydrogens (tertiary/aromatic N) is 4. The lowest BCUT2D eigenvalue weighted by Crippen LogP contribution is -2.32. The van der Waals surface area contributed by atoms with Crippen LogP contribution in [-0.4, -0.2) is 70.7 Å². The number of ether oxygens (including phenoxy) is 2. The SMILES string of the molecule is CCCOCCn1c(=O)c(NCCNC[C@@H](C)O)nc2cnc(-c3ccc(OC)nc3)cc21. The first-order valence-corrected chi connectivity index (χ1v) is 11.1. The summed E-state index contributed by atoms with van der Waals surface area (Å²) in [5, 5.41) is 15.6. The number of hydrogen-bond acceptors (Lipinski definition) is 9. The summed E-state index contributed by atoms with van der Waals surface area (Å²) in [5.41, 5.74) is 2.56. The van der Waals surface area contributed by atoms with Crippen molar-refractivity contribution in [2.75, 3.05) is 45.3 Å². The van der Waals surface area contributed by atoms with E-state index in [4.69, 9.17) is 9.47 Å². The van der Waals surface area contributed by atoms with Gasteiger partial charge in [0.15, 0.2) is 5.82 Å². The minimum absolute atomic E-state index is 0.219. The Morgan fingerprint density at radius 3 is 2.73 bits per heavy atom. The molecule has 0 amide bonds. The predicted molar refractivity (Wildman–Crippen MR) is 128 cm³/mol. The molecule has 178 valence electrons. The van der Waals surface area contributed by atoms with Gasteiger partial charge in [0.25, 0.3) is 5.56 Å². The van der Waals surface area contributed by atoms with Crippen molar-refractivity contribution in [3.63, 3.8) is 0 Å². The lowest BCUT2D eigenvalue weighted by Gasteiger charge is -2.14. The third-order valence-electron chi connectivity index (χ3n) is 4.92. The molecule has 0 bridgehead atoms. The Hall–Kier alpha value is -3.08. The zero-order chi connectivity index (χ0) is 23.6. The fraction of sp³-hybridized carbons (Fsp3) is 0.478. The lowest BCUT2D eigenvalue weighted by atomic mass is 10.2. The number of aromatic nitrogens is 4. The molecule has 0 aliphatic carbocycles. The van der Waals surface area contributed by atoms with E-state index in [1.807, 2.05) is 19.1 Å². The van der Waals surface area contributed by atoms with Crippen molar-refractivity contribution in [1.82, 2.24) is 24.8 Å². The molecule has 1 atom stereocenters. The molecule has 33 heavy (non-hydrogen) atoms. The molecular weight excluding hydrogens is 424 g/mol. The quantitative estimate of drug-likeness (QED) is 0.330. The van der Waals surface area contributed by atoms with Gasteiger partial charge in [-0.2, -0.15) is 0 Å². The summed E-state index contributed by atoms with van der Waals surface area (Å²) in [4.78, 5) is 26.5. The van der Waals surface area contributed by atoms with Gasteiger partial charge in [0.05, 0.1) is 37.2 Å². The van der Waals surface area contributed by atoms with Gasteiger partial charge >= 0.3 is 0 Å².